The average Bonchev–Trinajstić information content (AvgIpc) is 2.58. The van der Waals surface area contributed by atoms with Crippen molar-refractivity contribution in [3.63, 3.8) is 0 Å². The zero-order chi connectivity index (χ0) is 8.55. The summed E-state index contributed by atoms with van der Waals surface area (Å²) < 4.78 is 22.8. The van der Waals surface area contributed by atoms with Crippen molar-refractivity contribution in [2.45, 2.75) is 0 Å². The minimum atomic E-state index is -1.73. The van der Waals surface area contributed by atoms with Crippen LogP contribution in [0.2, 0.25) is 0 Å². The highest BCUT2D eigenvalue weighted by molar-refractivity contribution is 7.79. The summed E-state index contributed by atoms with van der Waals surface area (Å²) in [4.78, 5) is 0. The molecule has 64 valence electrons. The standard InChI is InChI=1S/C3H3N5O3S/c4-2-1(5-10-6-2)3-7-11-12(9)8-3/h(H2,4,6)(H,7,8). The fourth-order valence-electron chi connectivity index (χ4n) is 0.638. The topological polar surface area (TPSA) is 116 Å². The van der Waals surface area contributed by atoms with Gasteiger partial charge in [0.1, 0.15) is 0 Å². The molecule has 0 saturated heterocycles. The fraction of sp³-hybridized carbons (Fsp3) is 0. The van der Waals surface area contributed by atoms with Crippen LogP contribution in [-0.2, 0) is 15.6 Å². The third kappa shape index (κ3) is 1.04. The molecule has 0 saturated carbocycles. The van der Waals surface area contributed by atoms with E-state index >= 15 is 0 Å². The molecule has 0 spiro atoms. The Hall–Kier alpha value is -1.48. The number of hydroxylamine groups is 1. The zero-order valence-corrected chi connectivity index (χ0v) is 6.37. The third-order valence-corrected chi connectivity index (χ3v) is 1.67. The number of hydrogen-bond donors (Lipinski definition) is 2. The molecule has 1 unspecified atom stereocenters. The van der Waals surface area contributed by atoms with E-state index in [-0.39, 0.29) is 17.3 Å². The van der Waals surface area contributed by atoms with Crippen LogP contribution in [0.1, 0.15) is 5.69 Å². The number of amidine groups is 1. The molecule has 0 aromatic carbocycles. The maximum Gasteiger partial charge on any atom is 0.309 e. The Kier molecular flexibility index (Phi) is 1.52. The van der Waals surface area contributed by atoms with Gasteiger partial charge >= 0.3 is 11.3 Å². The molecule has 2 heterocycles. The van der Waals surface area contributed by atoms with Gasteiger partial charge < -0.3 is 5.73 Å². The minimum Gasteiger partial charge on any atom is -0.379 e. The second-order valence-electron chi connectivity index (χ2n) is 1.84. The van der Waals surface area contributed by atoms with Crippen LogP contribution >= 0.6 is 0 Å². The Morgan fingerprint density at radius 3 is 2.83 bits per heavy atom. The van der Waals surface area contributed by atoms with E-state index in [4.69, 9.17) is 5.73 Å². The van der Waals surface area contributed by atoms with E-state index in [1.165, 1.54) is 0 Å². The molecule has 1 aliphatic rings. The molecule has 0 aliphatic carbocycles. The molecule has 0 amide bonds. The van der Waals surface area contributed by atoms with Gasteiger partial charge in [0.25, 0.3) is 0 Å². The van der Waals surface area contributed by atoms with Crippen molar-refractivity contribution in [3.8, 4) is 0 Å². The van der Waals surface area contributed by atoms with E-state index in [0.717, 1.165) is 0 Å². The number of nitrogens with two attached hydrogens (primary N) is 1. The Labute approximate surface area is 68.5 Å². The largest absolute Gasteiger partial charge is 0.379 e. The number of nitrogens with one attached hydrogen (secondary N) is 1. The highest BCUT2D eigenvalue weighted by Gasteiger charge is 2.21. The van der Waals surface area contributed by atoms with E-state index in [0.29, 0.717) is 0 Å². The molecular formula is C3H3N5O3S. The van der Waals surface area contributed by atoms with Crippen LogP contribution in [0.5, 0.6) is 0 Å². The summed E-state index contributed by atoms with van der Waals surface area (Å²) in [6.45, 7) is 0. The van der Waals surface area contributed by atoms with Crippen molar-refractivity contribution in [1.82, 2.24) is 15.8 Å². The number of hydrogen-bond acceptors (Lipinski definition) is 7. The van der Waals surface area contributed by atoms with Gasteiger partial charge in [-0.05, 0) is 10.3 Å². The quantitative estimate of drug-likeness (QED) is 0.552. The van der Waals surface area contributed by atoms with Crippen LogP contribution < -0.4 is 11.2 Å². The van der Waals surface area contributed by atoms with Crippen LogP contribution in [0.3, 0.4) is 0 Å². The number of anilines is 1. The van der Waals surface area contributed by atoms with Crippen molar-refractivity contribution in [3.05, 3.63) is 5.69 Å². The van der Waals surface area contributed by atoms with Crippen molar-refractivity contribution >= 4 is 22.9 Å². The summed E-state index contributed by atoms with van der Waals surface area (Å²) in [6, 6.07) is 0. The highest BCUT2D eigenvalue weighted by atomic mass is 32.2. The van der Waals surface area contributed by atoms with Gasteiger partial charge in [-0.2, -0.15) is 4.28 Å². The van der Waals surface area contributed by atoms with E-state index < -0.39 is 11.3 Å². The first-order valence-corrected chi connectivity index (χ1v) is 3.83. The minimum absolute atomic E-state index is 0.0590. The molecule has 0 bridgehead atoms. The Balaban J connectivity index is 2.38. The normalized spacial score (nSPS) is 22.0. The van der Waals surface area contributed by atoms with Crippen LogP contribution in [-0.4, -0.2) is 20.4 Å². The lowest BCUT2D eigenvalue weighted by molar-refractivity contribution is 0.298. The monoisotopic (exact) mass is 189 g/mol. The summed E-state index contributed by atoms with van der Waals surface area (Å²) in [6.07, 6.45) is 0. The first kappa shape index (κ1) is 7.18. The molecule has 1 aromatic rings. The molecular weight excluding hydrogens is 186 g/mol. The molecule has 0 fully saturated rings. The smallest absolute Gasteiger partial charge is 0.309 e. The first-order valence-electron chi connectivity index (χ1n) is 2.79. The van der Waals surface area contributed by atoms with Gasteiger partial charge in [0.05, 0.1) is 0 Å². The average molecular weight is 189 g/mol. The Morgan fingerprint density at radius 2 is 2.33 bits per heavy atom. The van der Waals surface area contributed by atoms with Crippen LogP contribution in [0, 0.1) is 0 Å². The van der Waals surface area contributed by atoms with Crippen molar-refractivity contribution in [2.75, 3.05) is 5.73 Å². The van der Waals surface area contributed by atoms with E-state index in [2.05, 4.69) is 29.1 Å². The molecule has 8 nitrogen and oxygen atoms in total. The first-order chi connectivity index (χ1) is 5.77. The van der Waals surface area contributed by atoms with Gasteiger partial charge in [0, 0.05) is 0 Å². The summed E-state index contributed by atoms with van der Waals surface area (Å²) >= 11 is -1.73. The lowest BCUT2D eigenvalue weighted by Gasteiger charge is -1.90. The summed E-state index contributed by atoms with van der Waals surface area (Å²) in [5.41, 5.74) is 7.76. The predicted octanol–water partition coefficient (Wildman–Crippen LogP) is -1.49. The molecule has 9 heteroatoms. The summed E-state index contributed by atoms with van der Waals surface area (Å²) in [7, 11) is 0. The van der Waals surface area contributed by atoms with Gasteiger partial charge in [0.2, 0.25) is 0 Å². The molecule has 1 aliphatic heterocycles. The highest BCUT2D eigenvalue weighted by Crippen LogP contribution is 2.08. The second kappa shape index (κ2) is 2.53. The molecule has 0 radical (unpaired) electrons. The molecule has 3 N–H and O–H groups in total. The van der Waals surface area contributed by atoms with Gasteiger partial charge in [0.15, 0.2) is 17.3 Å². The van der Waals surface area contributed by atoms with Gasteiger partial charge in [-0.3, -0.25) is 0 Å². The number of rotatable bonds is 1. The second-order valence-corrected chi connectivity index (χ2v) is 2.62. The van der Waals surface area contributed by atoms with Gasteiger partial charge in [-0.1, -0.05) is 0 Å². The van der Waals surface area contributed by atoms with Crippen molar-refractivity contribution in [2.24, 2.45) is 4.40 Å². The number of nitrogen functional groups attached to an aromatic ring is 1. The lowest BCUT2D eigenvalue weighted by atomic mass is 10.4. The number of aromatic nitrogens is 2. The van der Waals surface area contributed by atoms with Crippen LogP contribution in [0.15, 0.2) is 9.03 Å². The fourth-order valence-corrected chi connectivity index (χ4v) is 1.10. The van der Waals surface area contributed by atoms with Crippen LogP contribution in [0.25, 0.3) is 0 Å². The molecule has 1 atom stereocenters. The molecule has 12 heavy (non-hydrogen) atoms. The van der Waals surface area contributed by atoms with E-state index in [1.807, 2.05) is 0 Å². The van der Waals surface area contributed by atoms with Crippen molar-refractivity contribution < 1.29 is 13.1 Å². The SMILES string of the molecule is Nc1nonc1C1=NS(=O)ON1. The zero-order valence-electron chi connectivity index (χ0n) is 5.55. The van der Waals surface area contributed by atoms with Crippen molar-refractivity contribution in [1.29, 1.82) is 0 Å². The maximum atomic E-state index is 10.6. The van der Waals surface area contributed by atoms with Crippen LogP contribution in [0.4, 0.5) is 5.82 Å². The third-order valence-electron chi connectivity index (χ3n) is 1.11. The molecule has 2 rings (SSSR count). The summed E-state index contributed by atoms with van der Waals surface area (Å²) in [5.74, 6) is 0.204. The van der Waals surface area contributed by atoms with Gasteiger partial charge in [-0.15, -0.1) is 4.40 Å². The maximum absolute atomic E-state index is 10.6. The number of nitrogens with zero attached hydrogens (tertiary/aromatic N) is 3. The Bertz CT molecular complexity index is 359. The summed E-state index contributed by atoms with van der Waals surface area (Å²) in [5, 5.41) is 6.72. The predicted molar refractivity (Wildman–Crippen MR) is 37.6 cm³/mol. The Morgan fingerprint density at radius 1 is 1.50 bits per heavy atom. The van der Waals surface area contributed by atoms with Gasteiger partial charge in [-0.25, -0.2) is 14.3 Å². The van der Waals surface area contributed by atoms with E-state index in [1.54, 1.807) is 0 Å². The lowest BCUT2D eigenvalue weighted by Crippen LogP contribution is -2.19. The molecule has 1 aromatic heterocycles. The van der Waals surface area contributed by atoms with E-state index in [9.17, 15) is 4.21 Å².